The normalized spacial score (nSPS) is 14.9. The lowest BCUT2D eigenvalue weighted by molar-refractivity contribution is -0.138. The van der Waals surface area contributed by atoms with Gasteiger partial charge >= 0.3 is 5.97 Å². The van der Waals surface area contributed by atoms with Gasteiger partial charge in [0, 0.05) is 13.0 Å². The summed E-state index contributed by atoms with van der Waals surface area (Å²) < 4.78 is 16.8. The predicted molar refractivity (Wildman–Crippen MR) is 55.4 cm³/mol. The quantitative estimate of drug-likeness (QED) is 0.571. The molecule has 0 saturated carbocycles. The van der Waals surface area contributed by atoms with E-state index in [9.17, 15) is 9.18 Å². The van der Waals surface area contributed by atoms with Gasteiger partial charge < -0.3 is 15.6 Å². The van der Waals surface area contributed by atoms with Crippen molar-refractivity contribution in [2.24, 2.45) is 17.6 Å². The number of ether oxygens (including phenoxy) is 1. The summed E-state index contributed by atoms with van der Waals surface area (Å²) in [6, 6.07) is 0. The molecule has 0 aromatic carbocycles. The number of rotatable bonds is 9. The van der Waals surface area contributed by atoms with E-state index in [0.717, 1.165) is 0 Å². The molecule has 0 aromatic heterocycles. The third-order valence-electron chi connectivity index (χ3n) is 2.16. The maximum atomic E-state index is 11.7. The molecule has 5 heteroatoms. The van der Waals surface area contributed by atoms with Gasteiger partial charge in [0.2, 0.25) is 0 Å². The molecule has 0 rings (SSSR count). The zero-order chi connectivity index (χ0) is 11.7. The summed E-state index contributed by atoms with van der Waals surface area (Å²) in [6.07, 6.45) is 0.791. The van der Waals surface area contributed by atoms with Crippen molar-refractivity contribution in [3.63, 3.8) is 0 Å². The number of carboxylic acid groups (broad SMARTS) is 1. The van der Waals surface area contributed by atoms with Crippen LogP contribution < -0.4 is 5.73 Å². The molecule has 0 spiro atoms. The number of nitrogens with two attached hydrogens (primary N) is 1. The summed E-state index contributed by atoms with van der Waals surface area (Å²) in [7, 11) is 0. The lowest BCUT2D eigenvalue weighted by Gasteiger charge is -2.17. The molecule has 90 valence electrons. The summed E-state index contributed by atoms with van der Waals surface area (Å²) in [5, 5.41) is 8.61. The van der Waals surface area contributed by atoms with Crippen molar-refractivity contribution in [3.05, 3.63) is 0 Å². The average molecular weight is 221 g/mol. The molecule has 2 atom stereocenters. The maximum absolute atomic E-state index is 11.7. The summed E-state index contributed by atoms with van der Waals surface area (Å²) in [4.78, 5) is 10.5. The highest BCUT2D eigenvalue weighted by Crippen LogP contribution is 2.15. The molecule has 2 unspecified atom stereocenters. The minimum absolute atomic E-state index is 0.0218. The Balaban J connectivity index is 3.69. The summed E-state index contributed by atoms with van der Waals surface area (Å²) in [5.41, 5.74) is 5.46. The van der Waals surface area contributed by atoms with Crippen LogP contribution in [0.4, 0.5) is 4.39 Å². The molecule has 0 fully saturated rings. The highest BCUT2D eigenvalue weighted by Gasteiger charge is 2.15. The van der Waals surface area contributed by atoms with Crippen molar-refractivity contribution in [3.8, 4) is 0 Å². The second kappa shape index (κ2) is 8.61. The first kappa shape index (κ1) is 14.3. The van der Waals surface area contributed by atoms with Gasteiger partial charge in [-0.3, -0.25) is 4.79 Å². The smallest absolute Gasteiger partial charge is 0.303 e. The van der Waals surface area contributed by atoms with Gasteiger partial charge in [-0.1, -0.05) is 6.92 Å². The maximum Gasteiger partial charge on any atom is 0.303 e. The van der Waals surface area contributed by atoms with Crippen LogP contribution in [0.2, 0.25) is 0 Å². The van der Waals surface area contributed by atoms with Crippen LogP contribution in [0.25, 0.3) is 0 Å². The van der Waals surface area contributed by atoms with Crippen LogP contribution in [0.15, 0.2) is 0 Å². The highest BCUT2D eigenvalue weighted by molar-refractivity contribution is 5.67. The predicted octanol–water partition coefficient (Wildman–Crippen LogP) is 1.05. The van der Waals surface area contributed by atoms with Gasteiger partial charge in [-0.05, 0) is 24.8 Å². The van der Waals surface area contributed by atoms with Crippen LogP contribution in [-0.2, 0) is 9.53 Å². The fourth-order valence-corrected chi connectivity index (χ4v) is 1.49. The van der Waals surface area contributed by atoms with E-state index in [-0.39, 0.29) is 24.9 Å². The molecule has 0 aromatic rings. The van der Waals surface area contributed by atoms with Crippen molar-refractivity contribution in [1.82, 2.24) is 0 Å². The highest BCUT2D eigenvalue weighted by atomic mass is 19.1. The molecule has 0 aliphatic carbocycles. The van der Waals surface area contributed by atoms with Crippen LogP contribution >= 0.6 is 0 Å². The summed E-state index contributed by atoms with van der Waals surface area (Å²) in [6.45, 7) is 2.39. The van der Waals surface area contributed by atoms with Crippen LogP contribution in [0, 0.1) is 11.8 Å². The van der Waals surface area contributed by atoms with Crippen LogP contribution in [-0.4, -0.2) is 37.5 Å². The minimum Gasteiger partial charge on any atom is -0.481 e. The number of carbonyl (C=O) groups is 1. The van der Waals surface area contributed by atoms with Gasteiger partial charge in [0.25, 0.3) is 0 Å². The van der Waals surface area contributed by atoms with Crippen molar-refractivity contribution in [1.29, 1.82) is 0 Å². The van der Waals surface area contributed by atoms with Gasteiger partial charge in [0.15, 0.2) is 0 Å². The SMILES string of the molecule is CC(COCCF)CC(CN)CC(=O)O. The molecular weight excluding hydrogens is 201 g/mol. The first-order valence-electron chi connectivity index (χ1n) is 5.15. The molecule has 0 heterocycles. The van der Waals surface area contributed by atoms with Gasteiger partial charge in [-0.15, -0.1) is 0 Å². The fraction of sp³-hybridized carbons (Fsp3) is 0.900. The average Bonchev–Trinajstić information content (AvgIpc) is 2.16. The van der Waals surface area contributed by atoms with E-state index in [4.69, 9.17) is 15.6 Å². The molecule has 0 aliphatic heterocycles. The number of carboxylic acids is 1. The van der Waals surface area contributed by atoms with E-state index in [1.54, 1.807) is 0 Å². The van der Waals surface area contributed by atoms with E-state index in [2.05, 4.69) is 0 Å². The largest absolute Gasteiger partial charge is 0.481 e. The monoisotopic (exact) mass is 221 g/mol. The number of hydrogen-bond donors (Lipinski definition) is 2. The fourth-order valence-electron chi connectivity index (χ4n) is 1.49. The third kappa shape index (κ3) is 8.32. The first-order chi connectivity index (χ1) is 7.10. The van der Waals surface area contributed by atoms with E-state index < -0.39 is 12.6 Å². The van der Waals surface area contributed by atoms with Gasteiger partial charge in [0.05, 0.1) is 6.61 Å². The Labute approximate surface area is 89.6 Å². The van der Waals surface area contributed by atoms with Gasteiger partial charge in [0.1, 0.15) is 6.67 Å². The Hall–Kier alpha value is -0.680. The summed E-state index contributed by atoms with van der Waals surface area (Å²) >= 11 is 0. The summed E-state index contributed by atoms with van der Waals surface area (Å²) in [5.74, 6) is -0.641. The van der Waals surface area contributed by atoms with E-state index in [0.29, 0.717) is 19.6 Å². The molecule has 0 radical (unpaired) electrons. The molecule has 15 heavy (non-hydrogen) atoms. The molecule has 0 aliphatic rings. The van der Waals surface area contributed by atoms with Gasteiger partial charge in [-0.25, -0.2) is 4.39 Å². The van der Waals surface area contributed by atoms with Crippen LogP contribution in [0.1, 0.15) is 19.8 Å². The van der Waals surface area contributed by atoms with Crippen molar-refractivity contribution in [2.75, 3.05) is 26.4 Å². The van der Waals surface area contributed by atoms with E-state index in [1.165, 1.54) is 0 Å². The van der Waals surface area contributed by atoms with E-state index >= 15 is 0 Å². The lowest BCUT2D eigenvalue weighted by Crippen LogP contribution is -2.22. The topological polar surface area (TPSA) is 72.5 Å². The molecule has 0 saturated heterocycles. The van der Waals surface area contributed by atoms with Crippen molar-refractivity contribution < 1.29 is 19.0 Å². The van der Waals surface area contributed by atoms with Crippen LogP contribution in [0.5, 0.6) is 0 Å². The Morgan fingerprint density at radius 2 is 2.27 bits per heavy atom. The first-order valence-corrected chi connectivity index (χ1v) is 5.15. The Bertz CT molecular complexity index is 178. The Morgan fingerprint density at radius 1 is 1.60 bits per heavy atom. The Morgan fingerprint density at radius 3 is 2.73 bits per heavy atom. The zero-order valence-corrected chi connectivity index (χ0v) is 9.12. The molecule has 3 N–H and O–H groups in total. The zero-order valence-electron chi connectivity index (χ0n) is 9.12. The second-order valence-corrected chi connectivity index (χ2v) is 3.80. The third-order valence-corrected chi connectivity index (χ3v) is 2.16. The Kier molecular flexibility index (Phi) is 8.22. The molecule has 0 bridgehead atoms. The number of aliphatic carboxylic acids is 1. The van der Waals surface area contributed by atoms with Crippen molar-refractivity contribution in [2.45, 2.75) is 19.8 Å². The number of hydrogen-bond acceptors (Lipinski definition) is 3. The van der Waals surface area contributed by atoms with Gasteiger partial charge in [-0.2, -0.15) is 0 Å². The number of halogens is 1. The molecule has 0 amide bonds. The number of alkyl halides is 1. The van der Waals surface area contributed by atoms with Crippen LogP contribution in [0.3, 0.4) is 0 Å². The second-order valence-electron chi connectivity index (χ2n) is 3.80. The van der Waals surface area contributed by atoms with E-state index in [1.807, 2.05) is 6.92 Å². The minimum atomic E-state index is -0.831. The molecular formula is C10H20FNO3. The standard InChI is InChI=1S/C10H20FNO3/c1-8(7-15-3-2-11)4-9(6-12)5-10(13)14/h8-9H,2-7,12H2,1H3,(H,13,14). The lowest BCUT2D eigenvalue weighted by atomic mass is 9.94. The molecule has 4 nitrogen and oxygen atoms in total. The van der Waals surface area contributed by atoms with Crippen molar-refractivity contribution >= 4 is 5.97 Å².